The highest BCUT2D eigenvalue weighted by Gasteiger charge is 2.42. The molecule has 8 heteroatoms. The molecule has 0 aliphatic carbocycles. The second-order valence-corrected chi connectivity index (χ2v) is 1.30. The van der Waals surface area contributed by atoms with E-state index < -0.39 is 23.5 Å². The van der Waals surface area contributed by atoms with Crippen LogP contribution in [0.2, 0.25) is 0 Å². The van der Waals surface area contributed by atoms with Gasteiger partial charge >= 0.3 is 12.4 Å². The summed E-state index contributed by atoms with van der Waals surface area (Å²) in [5.74, 6) is -3.25. The summed E-state index contributed by atoms with van der Waals surface area (Å²) in [6.45, 7) is 0. The molecule has 0 atom stereocenters. The van der Waals surface area contributed by atoms with Crippen LogP contribution in [0.3, 0.4) is 0 Å². The molecular weight excluding hydrogens is 183 g/mol. The normalized spacial score (nSPS) is 11.2. The maximum atomic E-state index is 11.4. The summed E-state index contributed by atoms with van der Waals surface area (Å²) < 4.78 is 77.6. The van der Waals surface area contributed by atoms with Crippen molar-refractivity contribution in [2.75, 3.05) is 0 Å². The van der Waals surface area contributed by atoms with Crippen molar-refractivity contribution in [2.24, 2.45) is 0 Å². The fourth-order valence-electron chi connectivity index (χ4n) is 0.186. The minimum atomic E-state index is -5.78. The van der Waals surface area contributed by atoms with Gasteiger partial charge in [0.2, 0.25) is 0 Å². The van der Waals surface area contributed by atoms with E-state index in [1.54, 1.807) is 0 Å². The van der Waals surface area contributed by atoms with Gasteiger partial charge in [-0.1, -0.05) is 9.60 Å². The first-order valence-corrected chi connectivity index (χ1v) is 2.00. The van der Waals surface area contributed by atoms with Crippen LogP contribution >= 0.6 is 0 Å². The Balaban J connectivity index is 4.52. The zero-order valence-corrected chi connectivity index (χ0v) is 4.59. The predicted molar refractivity (Wildman–Crippen MR) is 19.4 cm³/mol. The lowest BCUT2D eigenvalue weighted by Gasteiger charge is -2.12. The Labute approximate surface area is 55.6 Å². The van der Waals surface area contributed by atoms with Crippen LogP contribution in [0.5, 0.6) is 0 Å². The van der Waals surface area contributed by atoms with Gasteiger partial charge in [0.1, 0.15) is 0 Å². The lowest BCUT2D eigenvalue weighted by atomic mass is 10.8. The molecule has 0 rings (SSSR count). The molecule has 0 saturated carbocycles. The van der Waals surface area contributed by atoms with E-state index in [9.17, 15) is 30.8 Å². The first-order chi connectivity index (χ1) is 4.76. The SMILES string of the molecule is FC(F)=C(F)N(F)C(F)(F)F. The van der Waals surface area contributed by atoms with E-state index in [2.05, 4.69) is 0 Å². The molecule has 0 bridgehead atoms. The Morgan fingerprint density at radius 2 is 1.36 bits per heavy atom. The highest BCUT2D eigenvalue weighted by molar-refractivity contribution is 4.88. The van der Waals surface area contributed by atoms with Crippen LogP contribution in [-0.4, -0.2) is 11.4 Å². The fourth-order valence-corrected chi connectivity index (χ4v) is 0.186. The van der Waals surface area contributed by atoms with Crippen LogP contribution in [-0.2, 0) is 0 Å². The maximum Gasteiger partial charge on any atom is 0.514 e. The van der Waals surface area contributed by atoms with Gasteiger partial charge < -0.3 is 0 Å². The second-order valence-electron chi connectivity index (χ2n) is 1.30. The van der Waals surface area contributed by atoms with Gasteiger partial charge in [-0.2, -0.15) is 13.2 Å². The Morgan fingerprint density at radius 1 is 1.00 bits per heavy atom. The average molecular weight is 183 g/mol. The van der Waals surface area contributed by atoms with Gasteiger partial charge in [-0.15, -0.1) is 13.2 Å². The zero-order chi connectivity index (χ0) is 9.23. The zero-order valence-electron chi connectivity index (χ0n) is 4.59. The lowest BCUT2D eigenvalue weighted by molar-refractivity contribution is -0.304. The van der Waals surface area contributed by atoms with Crippen LogP contribution in [0.4, 0.5) is 30.8 Å². The smallest absolute Gasteiger partial charge is 0.178 e. The Kier molecular flexibility index (Phi) is 2.71. The van der Waals surface area contributed by atoms with E-state index in [0.717, 1.165) is 0 Å². The monoisotopic (exact) mass is 183 g/mol. The molecule has 66 valence electrons. The van der Waals surface area contributed by atoms with Crippen molar-refractivity contribution < 1.29 is 30.8 Å². The number of hydrogen-bond acceptors (Lipinski definition) is 1. The van der Waals surface area contributed by atoms with Gasteiger partial charge in [0.05, 0.1) is 0 Å². The van der Waals surface area contributed by atoms with E-state index in [4.69, 9.17) is 0 Å². The third-order valence-electron chi connectivity index (χ3n) is 0.551. The van der Waals surface area contributed by atoms with Gasteiger partial charge in [0.15, 0.2) is 0 Å². The van der Waals surface area contributed by atoms with E-state index in [-0.39, 0.29) is 0 Å². The molecular formula is C3F7N. The molecule has 0 aliphatic heterocycles. The van der Waals surface area contributed by atoms with Crippen molar-refractivity contribution in [3.8, 4) is 0 Å². The molecule has 0 saturated heterocycles. The van der Waals surface area contributed by atoms with Crippen molar-refractivity contribution in [1.29, 1.82) is 0 Å². The summed E-state index contributed by atoms with van der Waals surface area (Å²) in [5, 5.41) is -2.61. The van der Waals surface area contributed by atoms with E-state index in [0.29, 0.717) is 0 Å². The number of nitrogens with zero attached hydrogens (tertiary/aromatic N) is 1. The van der Waals surface area contributed by atoms with Crippen LogP contribution in [0, 0.1) is 0 Å². The lowest BCUT2D eigenvalue weighted by Crippen LogP contribution is -2.28. The minimum Gasteiger partial charge on any atom is -0.178 e. The Morgan fingerprint density at radius 3 is 1.45 bits per heavy atom. The van der Waals surface area contributed by atoms with Gasteiger partial charge in [-0.05, 0) is 0 Å². The van der Waals surface area contributed by atoms with Gasteiger partial charge in [-0.3, -0.25) is 0 Å². The molecule has 0 radical (unpaired) electrons. The van der Waals surface area contributed by atoms with E-state index in [1.807, 2.05) is 0 Å². The molecule has 0 aliphatic rings. The third kappa shape index (κ3) is 2.64. The molecule has 0 amide bonds. The van der Waals surface area contributed by atoms with Crippen LogP contribution < -0.4 is 0 Å². The van der Waals surface area contributed by atoms with Gasteiger partial charge in [0.25, 0.3) is 5.95 Å². The first-order valence-electron chi connectivity index (χ1n) is 2.00. The molecule has 0 unspecified atom stereocenters. The standard InChI is InChI=1S/C3F7N/c4-1(5)2(6)11(10)3(7,8)9. The summed E-state index contributed by atoms with van der Waals surface area (Å²) in [4.78, 5) is 0. The quantitative estimate of drug-likeness (QED) is 0.343. The molecule has 0 aromatic heterocycles. The Hall–Kier alpha value is -0.950. The fraction of sp³-hybridized carbons (Fsp3) is 0.333. The molecule has 0 aromatic carbocycles. The summed E-state index contributed by atoms with van der Waals surface area (Å²) in [6.07, 6.45) is -9.15. The molecule has 0 aromatic rings. The highest BCUT2D eigenvalue weighted by atomic mass is 19.4. The second kappa shape index (κ2) is 2.97. The highest BCUT2D eigenvalue weighted by Crippen LogP contribution is 2.28. The van der Waals surface area contributed by atoms with Crippen LogP contribution in [0.25, 0.3) is 0 Å². The minimum absolute atomic E-state index is 2.61. The van der Waals surface area contributed by atoms with Crippen molar-refractivity contribution in [3.63, 3.8) is 0 Å². The number of halogens is 7. The summed E-state index contributed by atoms with van der Waals surface area (Å²) in [6, 6.07) is 0. The average Bonchev–Trinajstić information content (AvgIpc) is 1.82. The molecule has 0 N–H and O–H groups in total. The van der Waals surface area contributed by atoms with E-state index in [1.165, 1.54) is 0 Å². The summed E-state index contributed by atoms with van der Waals surface area (Å²) >= 11 is 0. The summed E-state index contributed by atoms with van der Waals surface area (Å²) in [5.41, 5.74) is 0. The molecule has 11 heavy (non-hydrogen) atoms. The van der Waals surface area contributed by atoms with Crippen molar-refractivity contribution in [3.05, 3.63) is 12.0 Å². The molecule has 0 spiro atoms. The third-order valence-corrected chi connectivity index (χ3v) is 0.551. The summed E-state index contributed by atoms with van der Waals surface area (Å²) in [7, 11) is 0. The van der Waals surface area contributed by atoms with Crippen molar-refractivity contribution in [2.45, 2.75) is 6.30 Å². The van der Waals surface area contributed by atoms with Gasteiger partial charge in [-0.25, -0.2) is 0 Å². The Bertz CT molecular complexity index is 165. The number of alkyl halides is 3. The molecule has 1 nitrogen and oxygen atoms in total. The molecule has 0 fully saturated rings. The predicted octanol–water partition coefficient (Wildman–Crippen LogP) is 2.73. The maximum absolute atomic E-state index is 11.4. The number of hydrogen-bond donors (Lipinski definition) is 0. The first kappa shape index (κ1) is 10.0. The van der Waals surface area contributed by atoms with E-state index >= 15 is 0 Å². The van der Waals surface area contributed by atoms with Crippen LogP contribution in [0.1, 0.15) is 0 Å². The topological polar surface area (TPSA) is 3.24 Å². The van der Waals surface area contributed by atoms with Crippen molar-refractivity contribution >= 4 is 0 Å². The molecule has 0 heterocycles. The van der Waals surface area contributed by atoms with Crippen LogP contribution in [0.15, 0.2) is 12.0 Å². The largest absolute Gasteiger partial charge is 0.514 e. The van der Waals surface area contributed by atoms with Gasteiger partial charge in [0, 0.05) is 0 Å². The van der Waals surface area contributed by atoms with Crippen molar-refractivity contribution in [1.82, 2.24) is 5.12 Å². The number of rotatable bonds is 1.